The van der Waals surface area contributed by atoms with Gasteiger partial charge >= 0.3 is 5.91 Å². The van der Waals surface area contributed by atoms with Gasteiger partial charge in [-0.3, -0.25) is 19.9 Å². The van der Waals surface area contributed by atoms with E-state index >= 15 is 0 Å². The van der Waals surface area contributed by atoms with Crippen LogP contribution in [0.15, 0.2) is 9.98 Å². The second-order valence-corrected chi connectivity index (χ2v) is 11.3. The SMILES string of the molecule is NC(CCCC1OCC2(COC(CCCN=C(N)NC(=O)c3nc(Cl)c(N)nc3N)OC2)CO1)=NC(=O)c1nc(Cl)c(N)nc1N. The number of nitrogens with one attached hydrogen (secondary N) is 1. The number of aromatic nitrogens is 4. The van der Waals surface area contributed by atoms with Crippen molar-refractivity contribution in [2.75, 3.05) is 55.9 Å². The van der Waals surface area contributed by atoms with Gasteiger partial charge in [0.2, 0.25) is 0 Å². The Morgan fingerprint density at radius 1 is 0.783 bits per heavy atom. The van der Waals surface area contributed by atoms with Crippen molar-refractivity contribution in [1.82, 2.24) is 25.3 Å². The highest BCUT2D eigenvalue weighted by Crippen LogP contribution is 2.32. The number of aliphatic imine (C=N–C) groups is 2. The zero-order valence-corrected chi connectivity index (χ0v) is 26.1. The van der Waals surface area contributed by atoms with E-state index in [0.29, 0.717) is 65.1 Å². The number of nitrogen functional groups attached to an aromatic ring is 4. The lowest BCUT2D eigenvalue weighted by molar-refractivity contribution is -0.304. The zero-order valence-electron chi connectivity index (χ0n) is 24.6. The Morgan fingerprint density at radius 2 is 1.28 bits per heavy atom. The maximum atomic E-state index is 12.3. The van der Waals surface area contributed by atoms with E-state index in [4.69, 9.17) is 76.6 Å². The Kier molecular flexibility index (Phi) is 11.7. The molecule has 2 aromatic heterocycles. The van der Waals surface area contributed by atoms with Crippen molar-refractivity contribution in [3.63, 3.8) is 0 Å². The molecule has 0 unspecified atom stereocenters. The number of halogens is 2. The first-order chi connectivity index (χ1) is 21.9. The van der Waals surface area contributed by atoms with Crippen LogP contribution in [0.4, 0.5) is 23.3 Å². The van der Waals surface area contributed by atoms with E-state index < -0.39 is 29.8 Å². The van der Waals surface area contributed by atoms with Gasteiger partial charge in [0.1, 0.15) is 5.84 Å². The highest BCUT2D eigenvalue weighted by Gasteiger charge is 2.41. The third-order valence-corrected chi connectivity index (χ3v) is 7.32. The van der Waals surface area contributed by atoms with E-state index in [-0.39, 0.29) is 56.8 Å². The number of amides is 2. The van der Waals surface area contributed by atoms with Crippen molar-refractivity contribution in [1.29, 1.82) is 0 Å². The summed E-state index contributed by atoms with van der Waals surface area (Å²) < 4.78 is 23.6. The monoisotopic (exact) mass is 683 g/mol. The Morgan fingerprint density at radius 3 is 1.85 bits per heavy atom. The lowest BCUT2D eigenvalue weighted by atomic mass is 9.90. The van der Waals surface area contributed by atoms with Crippen LogP contribution in [0.25, 0.3) is 0 Å². The third kappa shape index (κ3) is 9.21. The normalized spacial score (nSPS) is 22.1. The van der Waals surface area contributed by atoms with Crippen molar-refractivity contribution in [2.24, 2.45) is 26.9 Å². The average molecular weight is 685 g/mol. The van der Waals surface area contributed by atoms with Crippen molar-refractivity contribution in [3.8, 4) is 0 Å². The summed E-state index contributed by atoms with van der Waals surface area (Å²) in [6.07, 6.45) is 1.63. The van der Waals surface area contributed by atoms with Gasteiger partial charge in [-0.25, -0.2) is 19.9 Å². The van der Waals surface area contributed by atoms with Gasteiger partial charge in [-0.05, 0) is 19.3 Å². The summed E-state index contributed by atoms with van der Waals surface area (Å²) in [6.45, 7) is 1.86. The molecule has 0 saturated carbocycles. The number of anilines is 4. The zero-order chi connectivity index (χ0) is 33.4. The minimum atomic E-state index is -0.768. The number of rotatable bonds is 10. The molecule has 13 N–H and O–H groups in total. The third-order valence-electron chi connectivity index (χ3n) is 6.77. The van der Waals surface area contributed by atoms with Gasteiger partial charge in [0.15, 0.2) is 63.5 Å². The summed E-state index contributed by atoms with van der Waals surface area (Å²) in [5.41, 5.74) is 33.2. The second kappa shape index (κ2) is 15.4. The number of nitrogens with zero attached hydrogens (tertiary/aromatic N) is 6. The molecule has 0 atom stereocenters. The molecule has 0 aromatic carbocycles. The van der Waals surface area contributed by atoms with E-state index in [2.05, 4.69) is 35.2 Å². The van der Waals surface area contributed by atoms with Crippen LogP contribution in [-0.4, -0.2) is 89.1 Å². The molecule has 4 rings (SSSR count). The van der Waals surface area contributed by atoms with Crippen LogP contribution in [0.2, 0.25) is 10.3 Å². The molecule has 4 heterocycles. The lowest BCUT2D eigenvalue weighted by Gasteiger charge is -2.43. The summed E-state index contributed by atoms with van der Waals surface area (Å²) in [5.74, 6) is -2.08. The molecule has 0 aliphatic carbocycles. The van der Waals surface area contributed by atoms with E-state index in [1.165, 1.54) is 0 Å². The summed E-state index contributed by atoms with van der Waals surface area (Å²) in [5, 5.41) is 2.07. The quantitative estimate of drug-likeness (QED) is 0.0970. The van der Waals surface area contributed by atoms with Gasteiger partial charge in [-0.15, -0.1) is 0 Å². The Balaban J connectivity index is 1.11. The summed E-state index contributed by atoms with van der Waals surface area (Å²) >= 11 is 11.6. The van der Waals surface area contributed by atoms with Gasteiger partial charge in [-0.1, -0.05) is 23.2 Å². The highest BCUT2D eigenvalue weighted by molar-refractivity contribution is 6.32. The average Bonchev–Trinajstić information content (AvgIpc) is 3.01. The summed E-state index contributed by atoms with van der Waals surface area (Å²) in [4.78, 5) is 47.7. The van der Waals surface area contributed by atoms with Crippen molar-refractivity contribution < 1.29 is 28.5 Å². The first-order valence-corrected chi connectivity index (χ1v) is 14.7. The molecule has 2 aliphatic heterocycles. The van der Waals surface area contributed by atoms with Crippen molar-refractivity contribution >= 4 is 70.1 Å². The van der Waals surface area contributed by atoms with Gasteiger partial charge in [0.05, 0.1) is 31.8 Å². The predicted molar refractivity (Wildman–Crippen MR) is 169 cm³/mol. The number of hydrogen-bond donors (Lipinski definition) is 7. The fraction of sp³-hybridized carbons (Fsp3) is 0.520. The molecule has 2 fully saturated rings. The molecular weight excluding hydrogens is 649 g/mol. The molecule has 2 saturated heterocycles. The number of hydrogen-bond acceptors (Lipinski definition) is 15. The molecule has 19 nitrogen and oxygen atoms in total. The number of ether oxygens (including phenoxy) is 4. The lowest BCUT2D eigenvalue weighted by Crippen LogP contribution is -2.52. The first-order valence-electron chi connectivity index (χ1n) is 14.0. The highest BCUT2D eigenvalue weighted by atomic mass is 35.5. The van der Waals surface area contributed by atoms with E-state index in [0.717, 1.165) is 0 Å². The van der Waals surface area contributed by atoms with Gasteiger partial charge in [-0.2, -0.15) is 4.99 Å². The number of carbonyl (C=O) groups excluding carboxylic acids is 2. The Hall–Kier alpha value is -4.14. The second-order valence-electron chi connectivity index (χ2n) is 10.5. The van der Waals surface area contributed by atoms with Crippen LogP contribution in [0.5, 0.6) is 0 Å². The molecule has 46 heavy (non-hydrogen) atoms. The number of guanidine groups is 1. The van der Waals surface area contributed by atoms with Crippen LogP contribution in [0.1, 0.15) is 53.1 Å². The number of carbonyl (C=O) groups is 2. The molecule has 1 spiro atoms. The van der Waals surface area contributed by atoms with Gasteiger partial charge < -0.3 is 53.3 Å². The molecule has 2 aliphatic rings. The molecule has 0 bridgehead atoms. The minimum Gasteiger partial charge on any atom is -0.387 e. The molecule has 2 amide bonds. The van der Waals surface area contributed by atoms with Crippen LogP contribution in [0.3, 0.4) is 0 Å². The molecule has 2 aromatic rings. The molecule has 21 heteroatoms. The fourth-order valence-electron chi connectivity index (χ4n) is 4.33. The van der Waals surface area contributed by atoms with E-state index in [9.17, 15) is 9.59 Å². The molecular formula is C25H35Cl2N13O6. The van der Waals surface area contributed by atoms with E-state index in [1.54, 1.807) is 0 Å². The maximum absolute atomic E-state index is 12.3. The van der Waals surface area contributed by atoms with Crippen molar-refractivity contribution in [3.05, 3.63) is 21.7 Å². The Bertz CT molecular complexity index is 1490. The van der Waals surface area contributed by atoms with Gasteiger partial charge in [0.25, 0.3) is 5.91 Å². The molecule has 0 radical (unpaired) electrons. The number of amidine groups is 1. The summed E-state index contributed by atoms with van der Waals surface area (Å²) in [6, 6.07) is 0. The molecule has 250 valence electrons. The van der Waals surface area contributed by atoms with Crippen LogP contribution in [0, 0.1) is 5.41 Å². The van der Waals surface area contributed by atoms with Crippen molar-refractivity contribution in [2.45, 2.75) is 44.7 Å². The van der Waals surface area contributed by atoms with Crippen LogP contribution < -0.4 is 39.7 Å². The standard InChI is InChI=1S/C25H35Cl2N13O6/c26-16-20(31)38-18(29)14(36-16)22(41)35-11(28)3-1-4-12-43-7-25(8-44-12)9-45-13(46-10-25)5-2-6-34-24(33)40-23(42)15-19(30)39-21(32)17(27)37-15/h12-13H,1-10H2,(H2,28,35,41)(H4,29,31,38)(H4,30,32,39)(H3,33,34,40,42). The first kappa shape index (κ1) is 34.7. The van der Waals surface area contributed by atoms with Crippen LogP contribution in [-0.2, 0) is 18.9 Å². The number of nitrogens with two attached hydrogens (primary N) is 6. The van der Waals surface area contributed by atoms with E-state index in [1.807, 2.05) is 0 Å². The fourth-order valence-corrected chi connectivity index (χ4v) is 4.58. The minimum absolute atomic E-state index is 0.0902. The van der Waals surface area contributed by atoms with Gasteiger partial charge in [0, 0.05) is 19.4 Å². The topological polar surface area (TPSA) is 315 Å². The smallest absolute Gasteiger partial charge is 0.301 e. The Labute approximate surface area is 272 Å². The maximum Gasteiger partial charge on any atom is 0.301 e. The largest absolute Gasteiger partial charge is 0.387 e. The predicted octanol–water partition coefficient (Wildman–Crippen LogP) is -0.173. The summed E-state index contributed by atoms with van der Waals surface area (Å²) in [7, 11) is 0. The van der Waals surface area contributed by atoms with Crippen LogP contribution >= 0.6 is 23.2 Å².